The molecule has 1 amide bonds. The van der Waals surface area contributed by atoms with E-state index in [1.54, 1.807) is 4.68 Å². The van der Waals surface area contributed by atoms with Crippen molar-refractivity contribution in [1.29, 1.82) is 0 Å². The van der Waals surface area contributed by atoms with Crippen molar-refractivity contribution in [3.05, 3.63) is 52.3 Å². The van der Waals surface area contributed by atoms with Crippen LogP contribution in [0.3, 0.4) is 0 Å². The average Bonchev–Trinajstić information content (AvgIpc) is 3.12. The van der Waals surface area contributed by atoms with Crippen molar-refractivity contribution in [2.75, 3.05) is 0 Å². The van der Waals surface area contributed by atoms with E-state index in [1.165, 1.54) is 12.0 Å². The second-order valence-electron chi connectivity index (χ2n) is 6.70. The first kappa shape index (κ1) is 14.8. The van der Waals surface area contributed by atoms with Gasteiger partial charge in [-0.15, -0.1) is 0 Å². The number of nitrogens with zero attached hydrogens (tertiary/aromatic N) is 2. The van der Waals surface area contributed by atoms with E-state index in [9.17, 15) is 4.79 Å². The summed E-state index contributed by atoms with van der Waals surface area (Å²) in [4.78, 5) is 12.6. The summed E-state index contributed by atoms with van der Waals surface area (Å²) in [5.74, 6) is 0.879. The lowest BCUT2D eigenvalue weighted by atomic mass is 9.81. The lowest BCUT2D eigenvalue weighted by Crippen LogP contribution is -2.28. The summed E-state index contributed by atoms with van der Waals surface area (Å²) in [6.07, 6.45) is 6.38. The summed E-state index contributed by atoms with van der Waals surface area (Å²) in [7, 11) is 1.88. The van der Waals surface area contributed by atoms with Crippen LogP contribution in [-0.4, -0.2) is 21.7 Å². The van der Waals surface area contributed by atoms with E-state index in [1.807, 2.05) is 37.5 Å². The van der Waals surface area contributed by atoms with Crippen molar-refractivity contribution < 1.29 is 4.79 Å². The molecule has 5 heteroatoms. The van der Waals surface area contributed by atoms with Crippen LogP contribution in [-0.2, 0) is 7.05 Å². The molecule has 23 heavy (non-hydrogen) atoms. The molecule has 1 N–H and O–H groups in total. The number of rotatable bonds is 4. The van der Waals surface area contributed by atoms with Crippen molar-refractivity contribution in [3.8, 4) is 0 Å². The Labute approximate surface area is 140 Å². The maximum absolute atomic E-state index is 12.6. The van der Waals surface area contributed by atoms with Crippen LogP contribution in [0.5, 0.6) is 0 Å². The minimum absolute atomic E-state index is 0.0152. The van der Waals surface area contributed by atoms with Gasteiger partial charge in [-0.05, 0) is 37.0 Å². The van der Waals surface area contributed by atoms with Gasteiger partial charge in [0.25, 0.3) is 5.91 Å². The van der Waals surface area contributed by atoms with Gasteiger partial charge in [0.05, 0.1) is 11.3 Å². The summed E-state index contributed by atoms with van der Waals surface area (Å²) in [6, 6.07) is 8.12. The fraction of sp³-hybridized carbons (Fsp3) is 0.444. The van der Waals surface area contributed by atoms with Gasteiger partial charge < -0.3 is 5.32 Å². The van der Waals surface area contributed by atoms with Crippen LogP contribution in [0.25, 0.3) is 0 Å². The number of nitrogens with one attached hydrogen (secondary N) is 1. The number of aryl methyl sites for hydroxylation is 1. The molecule has 0 saturated heterocycles. The highest BCUT2D eigenvalue weighted by atomic mass is 35.5. The van der Waals surface area contributed by atoms with Gasteiger partial charge in [0, 0.05) is 36.1 Å². The van der Waals surface area contributed by atoms with Gasteiger partial charge in [-0.25, -0.2) is 0 Å². The molecule has 1 heterocycles. The molecule has 0 radical (unpaired) electrons. The fourth-order valence-electron chi connectivity index (χ4n) is 3.34. The Morgan fingerprint density at radius 2 is 2.04 bits per heavy atom. The number of aromatic nitrogens is 2. The van der Waals surface area contributed by atoms with E-state index in [0.29, 0.717) is 11.8 Å². The van der Waals surface area contributed by atoms with Crippen LogP contribution < -0.4 is 5.32 Å². The van der Waals surface area contributed by atoms with E-state index in [-0.39, 0.29) is 11.9 Å². The van der Waals surface area contributed by atoms with Crippen LogP contribution in [0, 0.1) is 0 Å². The summed E-state index contributed by atoms with van der Waals surface area (Å²) < 4.78 is 1.76. The third-order valence-electron chi connectivity index (χ3n) is 5.00. The third kappa shape index (κ3) is 2.88. The molecule has 4 nitrogen and oxygen atoms in total. The number of carbonyl (C=O) groups is 1. The number of hydrogen-bond donors (Lipinski definition) is 1. The van der Waals surface area contributed by atoms with Crippen molar-refractivity contribution in [2.24, 2.45) is 7.05 Å². The topological polar surface area (TPSA) is 46.9 Å². The van der Waals surface area contributed by atoms with Gasteiger partial charge in [0.15, 0.2) is 0 Å². The van der Waals surface area contributed by atoms with Crippen LogP contribution in [0.15, 0.2) is 30.5 Å². The molecule has 2 atom stereocenters. The van der Waals surface area contributed by atoms with Gasteiger partial charge in [-0.2, -0.15) is 5.10 Å². The molecule has 2 aliphatic rings. The fourth-order valence-corrected chi connectivity index (χ4v) is 3.47. The maximum atomic E-state index is 12.6. The van der Waals surface area contributed by atoms with Gasteiger partial charge >= 0.3 is 0 Å². The number of halogens is 1. The minimum Gasteiger partial charge on any atom is -0.349 e. The van der Waals surface area contributed by atoms with Crippen LogP contribution >= 0.6 is 11.6 Å². The van der Waals surface area contributed by atoms with Gasteiger partial charge in [-0.3, -0.25) is 9.48 Å². The lowest BCUT2D eigenvalue weighted by Gasteiger charge is -2.24. The molecule has 0 aliphatic heterocycles. The standard InChI is InChI=1S/C18H20ClN3O/c1-22-10-15(17(21-22)12-3-2-4-12)18(23)20-16-9-14(16)11-5-7-13(19)8-6-11/h5-8,10,12,14,16H,2-4,9H2,1H3,(H,20,23)/t14-,16+/m0/s1. The largest absolute Gasteiger partial charge is 0.349 e. The molecule has 2 aromatic rings. The van der Waals surface area contributed by atoms with E-state index in [2.05, 4.69) is 10.4 Å². The van der Waals surface area contributed by atoms with Crippen molar-refractivity contribution >= 4 is 17.5 Å². The molecule has 0 unspecified atom stereocenters. The Morgan fingerprint density at radius 1 is 1.30 bits per heavy atom. The quantitative estimate of drug-likeness (QED) is 0.931. The molecular formula is C18H20ClN3O. The van der Waals surface area contributed by atoms with Crippen LogP contribution in [0.1, 0.15) is 59.1 Å². The normalized spacial score (nSPS) is 23.4. The van der Waals surface area contributed by atoms with Gasteiger partial charge in [0.2, 0.25) is 0 Å². The molecule has 2 fully saturated rings. The second-order valence-corrected chi connectivity index (χ2v) is 7.14. The van der Waals surface area contributed by atoms with Crippen LogP contribution in [0.2, 0.25) is 5.02 Å². The number of amides is 1. The van der Waals surface area contributed by atoms with Gasteiger partial charge in [0.1, 0.15) is 0 Å². The first-order valence-corrected chi connectivity index (χ1v) is 8.59. The smallest absolute Gasteiger partial charge is 0.255 e. The first-order chi connectivity index (χ1) is 11.1. The third-order valence-corrected chi connectivity index (χ3v) is 5.25. The van der Waals surface area contributed by atoms with E-state index in [4.69, 9.17) is 11.6 Å². The summed E-state index contributed by atoms with van der Waals surface area (Å²) in [6.45, 7) is 0. The SMILES string of the molecule is Cn1cc(C(=O)N[C@@H]2C[C@H]2c2ccc(Cl)cc2)c(C2CCC2)n1. The van der Waals surface area contributed by atoms with E-state index < -0.39 is 0 Å². The Balaban J connectivity index is 1.44. The molecular weight excluding hydrogens is 310 g/mol. The molecule has 1 aromatic carbocycles. The predicted octanol–water partition coefficient (Wildman–Crippen LogP) is 3.63. The van der Waals surface area contributed by atoms with Gasteiger partial charge in [-0.1, -0.05) is 30.2 Å². The maximum Gasteiger partial charge on any atom is 0.255 e. The molecule has 2 saturated carbocycles. The number of benzene rings is 1. The Bertz CT molecular complexity index is 733. The predicted molar refractivity (Wildman–Crippen MR) is 89.9 cm³/mol. The van der Waals surface area contributed by atoms with Crippen molar-refractivity contribution in [3.63, 3.8) is 0 Å². The first-order valence-electron chi connectivity index (χ1n) is 8.21. The Hall–Kier alpha value is -1.81. The summed E-state index contributed by atoms with van der Waals surface area (Å²) >= 11 is 5.93. The molecule has 2 aliphatic carbocycles. The summed E-state index contributed by atoms with van der Waals surface area (Å²) in [5, 5.41) is 8.42. The van der Waals surface area contributed by atoms with E-state index >= 15 is 0 Å². The molecule has 1 aromatic heterocycles. The molecule has 0 spiro atoms. The molecule has 4 rings (SSSR count). The summed E-state index contributed by atoms with van der Waals surface area (Å²) in [5.41, 5.74) is 2.96. The van der Waals surface area contributed by atoms with Crippen molar-refractivity contribution in [1.82, 2.24) is 15.1 Å². The highest BCUT2D eigenvalue weighted by Crippen LogP contribution is 2.42. The van der Waals surface area contributed by atoms with Crippen LogP contribution in [0.4, 0.5) is 0 Å². The van der Waals surface area contributed by atoms with Crippen molar-refractivity contribution in [2.45, 2.75) is 43.6 Å². The minimum atomic E-state index is 0.0152. The zero-order chi connectivity index (χ0) is 16.0. The zero-order valence-corrected chi connectivity index (χ0v) is 13.9. The zero-order valence-electron chi connectivity index (χ0n) is 13.1. The highest BCUT2D eigenvalue weighted by Gasteiger charge is 2.40. The lowest BCUT2D eigenvalue weighted by molar-refractivity contribution is 0.0948. The van der Waals surface area contributed by atoms with E-state index in [0.717, 1.165) is 35.5 Å². The monoisotopic (exact) mass is 329 g/mol. The second kappa shape index (κ2) is 5.68. The molecule has 0 bridgehead atoms. The number of hydrogen-bond acceptors (Lipinski definition) is 2. The average molecular weight is 330 g/mol. The highest BCUT2D eigenvalue weighted by molar-refractivity contribution is 6.30. The Morgan fingerprint density at radius 3 is 2.70 bits per heavy atom. The Kier molecular flexibility index (Phi) is 3.64. The number of carbonyl (C=O) groups excluding carboxylic acids is 1. The molecule has 120 valence electrons.